The van der Waals surface area contributed by atoms with E-state index in [-0.39, 0.29) is 10.8 Å². The summed E-state index contributed by atoms with van der Waals surface area (Å²) in [7, 11) is 0. The molecule has 10 rings (SSSR count). The SMILES string of the molecule is CC1(C)c2ccccc2-c2cc3c(-c4ccc(-c5ccccc5)cc4)c4cc5c(cc4c(-c4ccccc4)c3cc21)C(C)(C)c1ccccc1-5. The van der Waals surface area contributed by atoms with Gasteiger partial charge in [0.1, 0.15) is 0 Å². The minimum Gasteiger partial charge on any atom is -0.0622 e. The zero-order valence-electron chi connectivity index (χ0n) is 29.0. The molecule has 2 aliphatic carbocycles. The van der Waals surface area contributed by atoms with Gasteiger partial charge in [0.25, 0.3) is 0 Å². The Kier molecular flexibility index (Phi) is 6.07. The van der Waals surface area contributed by atoms with Gasteiger partial charge in [-0.15, -0.1) is 0 Å². The lowest BCUT2D eigenvalue weighted by Gasteiger charge is -2.25. The lowest BCUT2D eigenvalue weighted by Crippen LogP contribution is -2.15. The first kappa shape index (κ1) is 29.2. The van der Waals surface area contributed by atoms with E-state index in [2.05, 4.69) is 185 Å². The van der Waals surface area contributed by atoms with E-state index in [0.717, 1.165) is 0 Å². The predicted octanol–water partition coefficient (Wildman–Crippen LogP) is 13.6. The van der Waals surface area contributed by atoms with Gasteiger partial charge in [-0.1, -0.05) is 161 Å². The molecule has 0 heterocycles. The first-order valence-corrected chi connectivity index (χ1v) is 17.9. The van der Waals surface area contributed by atoms with E-state index in [1.54, 1.807) is 0 Å². The molecule has 8 aromatic rings. The van der Waals surface area contributed by atoms with Crippen LogP contribution in [0.25, 0.3) is 77.2 Å². The van der Waals surface area contributed by atoms with Crippen LogP contribution < -0.4 is 0 Å². The van der Waals surface area contributed by atoms with E-state index in [4.69, 9.17) is 0 Å². The molecule has 0 aliphatic heterocycles. The first-order chi connectivity index (χ1) is 24.3. The average molecular weight is 639 g/mol. The monoisotopic (exact) mass is 638 g/mol. The van der Waals surface area contributed by atoms with Crippen molar-refractivity contribution in [1.82, 2.24) is 0 Å². The molecule has 8 aromatic carbocycles. The lowest BCUT2D eigenvalue weighted by molar-refractivity contribution is 0.661. The van der Waals surface area contributed by atoms with Crippen LogP contribution >= 0.6 is 0 Å². The predicted molar refractivity (Wildman–Crippen MR) is 213 cm³/mol. The fourth-order valence-electron chi connectivity index (χ4n) is 9.30. The van der Waals surface area contributed by atoms with Gasteiger partial charge in [-0.25, -0.2) is 0 Å². The van der Waals surface area contributed by atoms with Gasteiger partial charge in [-0.2, -0.15) is 0 Å². The van der Waals surface area contributed by atoms with Crippen LogP contribution in [0.2, 0.25) is 0 Å². The highest BCUT2D eigenvalue weighted by atomic mass is 14.4. The van der Waals surface area contributed by atoms with Gasteiger partial charge in [0.2, 0.25) is 0 Å². The second-order valence-corrected chi connectivity index (χ2v) is 15.3. The van der Waals surface area contributed by atoms with Crippen LogP contribution in [0.1, 0.15) is 49.9 Å². The number of hydrogen-bond donors (Lipinski definition) is 0. The number of hydrogen-bond acceptors (Lipinski definition) is 0. The Morgan fingerprint density at radius 3 is 1.10 bits per heavy atom. The number of benzene rings is 8. The van der Waals surface area contributed by atoms with Crippen molar-refractivity contribution in [2.75, 3.05) is 0 Å². The van der Waals surface area contributed by atoms with Crippen molar-refractivity contribution >= 4 is 21.5 Å². The summed E-state index contributed by atoms with van der Waals surface area (Å²) in [6, 6.07) is 59.2. The first-order valence-electron chi connectivity index (χ1n) is 17.9. The molecule has 0 atom stereocenters. The van der Waals surface area contributed by atoms with Crippen LogP contribution in [0, 0.1) is 0 Å². The molecule has 0 saturated carbocycles. The largest absolute Gasteiger partial charge is 0.0622 e. The van der Waals surface area contributed by atoms with Crippen molar-refractivity contribution in [3.05, 3.63) is 180 Å². The minimum absolute atomic E-state index is 0.0951. The van der Waals surface area contributed by atoms with Gasteiger partial charge in [0.05, 0.1) is 0 Å². The summed E-state index contributed by atoms with van der Waals surface area (Å²) in [6.07, 6.45) is 0. The molecule has 0 radical (unpaired) electrons. The van der Waals surface area contributed by atoms with Crippen molar-refractivity contribution in [2.45, 2.75) is 38.5 Å². The van der Waals surface area contributed by atoms with Crippen LogP contribution in [0.3, 0.4) is 0 Å². The molecule has 50 heavy (non-hydrogen) atoms. The fourth-order valence-corrected chi connectivity index (χ4v) is 9.30. The van der Waals surface area contributed by atoms with E-state index in [1.807, 2.05) is 0 Å². The number of rotatable bonds is 3. The fraction of sp³-hybridized carbons (Fsp3) is 0.120. The molecule has 0 N–H and O–H groups in total. The Morgan fingerprint density at radius 2 is 0.620 bits per heavy atom. The van der Waals surface area contributed by atoms with Crippen LogP contribution in [-0.2, 0) is 10.8 Å². The Hall–Kier alpha value is -5.72. The molecular formula is C50H38. The lowest BCUT2D eigenvalue weighted by atomic mass is 9.78. The Morgan fingerprint density at radius 1 is 0.280 bits per heavy atom. The van der Waals surface area contributed by atoms with Gasteiger partial charge >= 0.3 is 0 Å². The summed E-state index contributed by atoms with van der Waals surface area (Å²) in [5, 5.41) is 5.25. The van der Waals surface area contributed by atoms with Crippen LogP contribution in [0.5, 0.6) is 0 Å². The van der Waals surface area contributed by atoms with Crippen molar-refractivity contribution in [1.29, 1.82) is 0 Å². The molecule has 0 bridgehead atoms. The van der Waals surface area contributed by atoms with Gasteiger partial charge in [0.15, 0.2) is 0 Å². The quantitative estimate of drug-likeness (QED) is 0.169. The third-order valence-corrected chi connectivity index (χ3v) is 11.9. The Balaban J connectivity index is 1.38. The molecule has 0 nitrogen and oxygen atoms in total. The third kappa shape index (κ3) is 4.00. The van der Waals surface area contributed by atoms with Crippen LogP contribution in [0.4, 0.5) is 0 Å². The van der Waals surface area contributed by atoms with E-state index < -0.39 is 0 Å². The van der Waals surface area contributed by atoms with E-state index in [9.17, 15) is 0 Å². The molecule has 0 aromatic heterocycles. The molecule has 0 spiro atoms. The highest BCUT2D eigenvalue weighted by Crippen LogP contribution is 2.56. The van der Waals surface area contributed by atoms with Crippen molar-refractivity contribution < 1.29 is 0 Å². The maximum atomic E-state index is 2.54. The molecule has 238 valence electrons. The normalized spacial score (nSPS) is 14.7. The van der Waals surface area contributed by atoms with Crippen molar-refractivity contribution in [3.8, 4) is 55.6 Å². The highest BCUT2D eigenvalue weighted by molar-refractivity contribution is 6.23. The molecule has 0 unspecified atom stereocenters. The molecule has 2 aliphatic rings. The topological polar surface area (TPSA) is 0 Å². The highest BCUT2D eigenvalue weighted by Gasteiger charge is 2.38. The van der Waals surface area contributed by atoms with E-state index in [1.165, 1.54) is 99.4 Å². The van der Waals surface area contributed by atoms with E-state index >= 15 is 0 Å². The molecule has 0 saturated heterocycles. The van der Waals surface area contributed by atoms with Crippen molar-refractivity contribution in [3.63, 3.8) is 0 Å². The minimum atomic E-state index is -0.0951. The summed E-state index contributed by atoms with van der Waals surface area (Å²) in [5.74, 6) is 0. The van der Waals surface area contributed by atoms with Crippen LogP contribution in [0.15, 0.2) is 158 Å². The molecule has 0 heteroatoms. The third-order valence-electron chi connectivity index (χ3n) is 11.9. The average Bonchev–Trinajstić information content (AvgIpc) is 3.52. The Labute approximate surface area is 294 Å². The van der Waals surface area contributed by atoms with Gasteiger partial charge in [0, 0.05) is 10.8 Å². The molecule has 0 amide bonds. The second-order valence-electron chi connectivity index (χ2n) is 15.3. The van der Waals surface area contributed by atoms with Gasteiger partial charge in [-0.05, 0) is 124 Å². The van der Waals surface area contributed by atoms with Gasteiger partial charge in [-0.3, -0.25) is 0 Å². The number of fused-ring (bicyclic) bond motifs is 8. The van der Waals surface area contributed by atoms with Crippen molar-refractivity contribution in [2.24, 2.45) is 0 Å². The smallest absolute Gasteiger partial charge is 0.0159 e. The van der Waals surface area contributed by atoms with E-state index in [0.29, 0.717) is 0 Å². The standard InChI is InChI=1S/C50H38/c1-49(2)43-21-13-11-19-35(43)37-27-39-41(29-45(37)49)47(33-17-9-6-10-18-33)42-30-46-38(36-20-12-14-22-44(36)50(46,3)4)28-40(42)48(39)34-25-23-32(24-26-34)31-15-7-5-8-16-31/h5-30H,1-4H3. The summed E-state index contributed by atoms with van der Waals surface area (Å²) >= 11 is 0. The molecular weight excluding hydrogens is 601 g/mol. The summed E-state index contributed by atoms with van der Waals surface area (Å²) in [6.45, 7) is 9.57. The molecule has 0 fully saturated rings. The zero-order valence-corrected chi connectivity index (χ0v) is 29.0. The Bertz CT molecular complexity index is 2530. The second kappa shape index (κ2) is 10.4. The van der Waals surface area contributed by atoms with Crippen LogP contribution in [-0.4, -0.2) is 0 Å². The summed E-state index contributed by atoms with van der Waals surface area (Å²) in [5.41, 5.74) is 18.4. The maximum absolute atomic E-state index is 2.54. The maximum Gasteiger partial charge on any atom is 0.0159 e. The zero-order chi connectivity index (χ0) is 33.8. The summed E-state index contributed by atoms with van der Waals surface area (Å²) in [4.78, 5) is 0. The van der Waals surface area contributed by atoms with Gasteiger partial charge < -0.3 is 0 Å². The summed E-state index contributed by atoms with van der Waals surface area (Å²) < 4.78 is 0.